The number of hydrogen-bond donors (Lipinski definition) is 0. The lowest BCUT2D eigenvalue weighted by molar-refractivity contribution is -0.136. The van der Waals surface area contributed by atoms with Gasteiger partial charge in [0, 0.05) is 36.7 Å². The summed E-state index contributed by atoms with van der Waals surface area (Å²) in [6, 6.07) is 12.1. The smallest absolute Gasteiger partial charge is 0.227 e. The lowest BCUT2D eigenvalue weighted by Gasteiger charge is -2.39. The van der Waals surface area contributed by atoms with Crippen molar-refractivity contribution in [2.75, 3.05) is 7.11 Å². The van der Waals surface area contributed by atoms with Crippen molar-refractivity contribution in [2.24, 2.45) is 0 Å². The molecule has 5 heteroatoms. The van der Waals surface area contributed by atoms with Crippen LogP contribution in [0.1, 0.15) is 31.2 Å². The third-order valence-corrected chi connectivity index (χ3v) is 5.45. The molecule has 2 fully saturated rings. The SMILES string of the molecule is COc1ccccc1CC(=O)N1[C@H]2CC[C@H]1CC(Oc1cccnc1)C2. The second-order valence-electron chi connectivity index (χ2n) is 7.07. The van der Waals surface area contributed by atoms with Gasteiger partial charge in [0.15, 0.2) is 0 Å². The van der Waals surface area contributed by atoms with Gasteiger partial charge < -0.3 is 14.4 Å². The summed E-state index contributed by atoms with van der Waals surface area (Å²) in [6.45, 7) is 0. The maximum atomic E-state index is 13.0. The molecule has 4 rings (SSSR count). The van der Waals surface area contributed by atoms with E-state index in [0.29, 0.717) is 6.42 Å². The molecule has 2 aliphatic heterocycles. The summed E-state index contributed by atoms with van der Waals surface area (Å²) in [6.07, 6.45) is 7.96. The minimum Gasteiger partial charge on any atom is -0.496 e. The third kappa shape index (κ3) is 3.39. The quantitative estimate of drug-likeness (QED) is 0.829. The molecule has 26 heavy (non-hydrogen) atoms. The number of benzene rings is 1. The fourth-order valence-electron chi connectivity index (χ4n) is 4.34. The largest absolute Gasteiger partial charge is 0.496 e. The highest BCUT2D eigenvalue weighted by Gasteiger charge is 2.43. The molecule has 0 radical (unpaired) electrons. The monoisotopic (exact) mass is 352 g/mol. The Morgan fingerprint density at radius 3 is 2.62 bits per heavy atom. The molecule has 1 aromatic carbocycles. The molecule has 5 nitrogen and oxygen atoms in total. The van der Waals surface area contributed by atoms with Crippen molar-refractivity contribution >= 4 is 5.91 Å². The Labute approximate surface area is 153 Å². The maximum Gasteiger partial charge on any atom is 0.227 e. The minimum atomic E-state index is 0.159. The van der Waals surface area contributed by atoms with Crippen molar-refractivity contribution in [1.29, 1.82) is 0 Å². The van der Waals surface area contributed by atoms with E-state index in [1.54, 1.807) is 19.5 Å². The van der Waals surface area contributed by atoms with E-state index < -0.39 is 0 Å². The van der Waals surface area contributed by atoms with Crippen LogP contribution in [0.4, 0.5) is 0 Å². The van der Waals surface area contributed by atoms with Gasteiger partial charge in [0.2, 0.25) is 5.91 Å². The summed E-state index contributed by atoms with van der Waals surface area (Å²) in [7, 11) is 1.65. The van der Waals surface area contributed by atoms with E-state index in [4.69, 9.17) is 9.47 Å². The number of ether oxygens (including phenoxy) is 2. The van der Waals surface area contributed by atoms with Crippen molar-refractivity contribution in [3.63, 3.8) is 0 Å². The summed E-state index contributed by atoms with van der Waals surface area (Å²) >= 11 is 0. The molecule has 2 aromatic rings. The van der Waals surface area contributed by atoms with Crippen LogP contribution in [0.3, 0.4) is 0 Å². The number of para-hydroxylation sites is 1. The van der Waals surface area contributed by atoms with Gasteiger partial charge in [-0.2, -0.15) is 0 Å². The minimum absolute atomic E-state index is 0.159. The van der Waals surface area contributed by atoms with Crippen molar-refractivity contribution < 1.29 is 14.3 Å². The van der Waals surface area contributed by atoms with E-state index in [9.17, 15) is 4.79 Å². The summed E-state index contributed by atoms with van der Waals surface area (Å²) in [5.74, 6) is 1.79. The summed E-state index contributed by atoms with van der Waals surface area (Å²) < 4.78 is 11.5. The first-order valence-corrected chi connectivity index (χ1v) is 9.24. The standard InChI is InChI=1S/C21H24N2O3/c1-25-20-7-3-2-5-15(20)11-21(24)23-16-8-9-17(23)13-19(12-16)26-18-6-4-10-22-14-18/h2-7,10,14,16-17,19H,8-9,11-13H2,1H3/t16-,17-/m0/s1. The number of nitrogens with zero attached hydrogens (tertiary/aromatic N) is 2. The van der Waals surface area contributed by atoms with Crippen molar-refractivity contribution in [3.05, 3.63) is 54.4 Å². The number of hydrogen-bond acceptors (Lipinski definition) is 4. The molecule has 3 heterocycles. The van der Waals surface area contributed by atoms with Crippen LogP contribution in [-0.2, 0) is 11.2 Å². The number of piperidine rings is 1. The number of fused-ring (bicyclic) bond motifs is 2. The zero-order chi connectivity index (χ0) is 17.9. The second-order valence-corrected chi connectivity index (χ2v) is 7.07. The Morgan fingerprint density at radius 1 is 1.15 bits per heavy atom. The van der Waals surface area contributed by atoms with Gasteiger partial charge in [0.1, 0.15) is 17.6 Å². The fourth-order valence-corrected chi connectivity index (χ4v) is 4.34. The van der Waals surface area contributed by atoms with E-state index in [1.807, 2.05) is 36.4 Å². The third-order valence-electron chi connectivity index (χ3n) is 5.45. The van der Waals surface area contributed by atoms with Crippen LogP contribution in [0, 0.1) is 0 Å². The zero-order valence-electron chi connectivity index (χ0n) is 15.0. The number of carbonyl (C=O) groups is 1. The summed E-state index contributed by atoms with van der Waals surface area (Å²) in [4.78, 5) is 19.2. The normalized spacial score (nSPS) is 24.3. The number of carbonyl (C=O) groups excluding carboxylic acids is 1. The van der Waals surface area contributed by atoms with E-state index in [0.717, 1.165) is 42.7 Å². The molecule has 2 atom stereocenters. The number of amides is 1. The van der Waals surface area contributed by atoms with Gasteiger partial charge in [-0.3, -0.25) is 9.78 Å². The Kier molecular flexibility index (Phi) is 4.78. The van der Waals surface area contributed by atoms with Gasteiger partial charge in [0.05, 0.1) is 19.7 Å². The van der Waals surface area contributed by atoms with Gasteiger partial charge in [-0.25, -0.2) is 0 Å². The van der Waals surface area contributed by atoms with Gasteiger partial charge in [-0.15, -0.1) is 0 Å². The van der Waals surface area contributed by atoms with E-state index >= 15 is 0 Å². The fraction of sp³-hybridized carbons (Fsp3) is 0.429. The molecule has 0 N–H and O–H groups in total. The van der Waals surface area contributed by atoms with Crippen LogP contribution in [0.15, 0.2) is 48.8 Å². The Morgan fingerprint density at radius 2 is 1.92 bits per heavy atom. The topological polar surface area (TPSA) is 51.7 Å². The Bertz CT molecular complexity index is 751. The van der Waals surface area contributed by atoms with Gasteiger partial charge in [-0.1, -0.05) is 18.2 Å². The molecular weight excluding hydrogens is 328 g/mol. The molecule has 136 valence electrons. The van der Waals surface area contributed by atoms with Gasteiger partial charge in [0.25, 0.3) is 0 Å². The van der Waals surface area contributed by atoms with Crippen molar-refractivity contribution in [2.45, 2.75) is 50.3 Å². The molecule has 0 aliphatic carbocycles. The zero-order valence-corrected chi connectivity index (χ0v) is 15.0. The second kappa shape index (κ2) is 7.36. The van der Waals surface area contributed by atoms with Crippen LogP contribution >= 0.6 is 0 Å². The van der Waals surface area contributed by atoms with Crippen molar-refractivity contribution in [1.82, 2.24) is 9.88 Å². The predicted molar refractivity (Wildman–Crippen MR) is 98.2 cm³/mol. The summed E-state index contributed by atoms with van der Waals surface area (Å²) in [5.41, 5.74) is 0.952. The van der Waals surface area contributed by atoms with Crippen LogP contribution in [0.25, 0.3) is 0 Å². The molecule has 0 unspecified atom stereocenters. The van der Waals surface area contributed by atoms with Crippen LogP contribution in [0.5, 0.6) is 11.5 Å². The molecule has 2 aliphatic rings. The maximum absolute atomic E-state index is 13.0. The van der Waals surface area contributed by atoms with Crippen LogP contribution in [-0.4, -0.2) is 41.1 Å². The van der Waals surface area contributed by atoms with E-state index in [1.165, 1.54) is 0 Å². The van der Waals surface area contributed by atoms with Crippen LogP contribution < -0.4 is 9.47 Å². The predicted octanol–water partition coefficient (Wildman–Crippen LogP) is 3.23. The lowest BCUT2D eigenvalue weighted by Crippen LogP contribution is -2.49. The summed E-state index contributed by atoms with van der Waals surface area (Å²) in [5, 5.41) is 0. The highest BCUT2D eigenvalue weighted by molar-refractivity contribution is 5.80. The molecular formula is C21H24N2O3. The molecule has 2 saturated heterocycles. The van der Waals surface area contributed by atoms with Crippen LogP contribution in [0.2, 0.25) is 0 Å². The molecule has 0 spiro atoms. The molecule has 1 amide bonds. The first-order chi connectivity index (χ1) is 12.7. The Balaban J connectivity index is 1.42. The average molecular weight is 352 g/mol. The molecule has 2 bridgehead atoms. The average Bonchev–Trinajstić information content (AvgIpc) is 2.94. The van der Waals surface area contributed by atoms with Gasteiger partial charge in [-0.05, 0) is 31.0 Å². The molecule has 1 aromatic heterocycles. The number of aromatic nitrogens is 1. The lowest BCUT2D eigenvalue weighted by atomic mass is 9.98. The van der Waals surface area contributed by atoms with E-state index in [-0.39, 0.29) is 24.1 Å². The highest BCUT2D eigenvalue weighted by Crippen LogP contribution is 2.38. The first-order valence-electron chi connectivity index (χ1n) is 9.24. The first kappa shape index (κ1) is 16.9. The van der Waals surface area contributed by atoms with E-state index in [2.05, 4.69) is 9.88 Å². The Hall–Kier alpha value is -2.56. The highest BCUT2D eigenvalue weighted by atomic mass is 16.5. The number of methoxy groups -OCH3 is 1. The molecule has 0 saturated carbocycles. The number of rotatable bonds is 5. The van der Waals surface area contributed by atoms with Crippen molar-refractivity contribution in [3.8, 4) is 11.5 Å². The van der Waals surface area contributed by atoms with Gasteiger partial charge >= 0.3 is 0 Å². The number of pyridine rings is 1.